The first-order valence-corrected chi connectivity index (χ1v) is 8.49. The van der Waals surface area contributed by atoms with Crippen LogP contribution in [0.2, 0.25) is 0 Å². The summed E-state index contributed by atoms with van der Waals surface area (Å²) in [5, 5.41) is 10.2. The highest BCUT2D eigenvalue weighted by Crippen LogP contribution is 2.29. The van der Waals surface area contributed by atoms with Gasteiger partial charge in [0, 0.05) is 26.9 Å². The summed E-state index contributed by atoms with van der Waals surface area (Å²) in [6, 6.07) is 15.4. The van der Waals surface area contributed by atoms with Gasteiger partial charge in [0.2, 0.25) is 0 Å². The van der Waals surface area contributed by atoms with Gasteiger partial charge in [-0.1, -0.05) is 30.3 Å². The van der Waals surface area contributed by atoms with Crippen molar-refractivity contribution in [3.05, 3.63) is 58.6 Å². The van der Waals surface area contributed by atoms with Crippen LogP contribution in [-0.2, 0) is 6.42 Å². The fraction of sp³-hybridized carbons (Fsp3) is 0.250. The molecular formula is C16H19BrN2OS. The van der Waals surface area contributed by atoms with E-state index in [4.69, 9.17) is 11.5 Å². The Labute approximate surface area is 137 Å². The van der Waals surface area contributed by atoms with Gasteiger partial charge in [-0.2, -0.15) is 0 Å². The first-order chi connectivity index (χ1) is 10.1. The molecule has 21 heavy (non-hydrogen) atoms. The van der Waals surface area contributed by atoms with Crippen LogP contribution in [-0.4, -0.2) is 23.0 Å². The first kappa shape index (κ1) is 16.4. The quantitative estimate of drug-likeness (QED) is 0.542. The van der Waals surface area contributed by atoms with Crippen molar-refractivity contribution < 1.29 is 5.11 Å². The Bertz CT molecular complexity index is 580. The summed E-state index contributed by atoms with van der Waals surface area (Å²) in [5.74, 6) is 0.552. The van der Waals surface area contributed by atoms with Crippen LogP contribution >= 0.6 is 27.7 Å². The molecule has 2 unspecified atom stereocenters. The van der Waals surface area contributed by atoms with Crippen molar-refractivity contribution in [2.45, 2.75) is 23.5 Å². The SMILES string of the molecule is Nc1ccc(SCC(O)C(N)Cc2ccccc2)c(Br)c1. The van der Waals surface area contributed by atoms with Crippen LogP contribution in [0.4, 0.5) is 5.69 Å². The number of rotatable bonds is 6. The standard InChI is InChI=1S/C16H19BrN2OS/c17-13-9-12(18)6-7-16(13)21-10-15(20)14(19)8-11-4-2-1-3-5-11/h1-7,9,14-15,20H,8,10,18-19H2. The second-order valence-corrected chi connectivity index (χ2v) is 6.84. The molecule has 3 nitrogen and oxygen atoms in total. The van der Waals surface area contributed by atoms with E-state index in [1.807, 2.05) is 48.5 Å². The molecule has 5 heteroatoms. The zero-order chi connectivity index (χ0) is 15.2. The normalized spacial score (nSPS) is 13.9. The van der Waals surface area contributed by atoms with Crippen molar-refractivity contribution in [1.82, 2.24) is 0 Å². The third-order valence-electron chi connectivity index (χ3n) is 3.17. The highest BCUT2D eigenvalue weighted by molar-refractivity contribution is 9.10. The Morgan fingerprint density at radius 3 is 2.52 bits per heavy atom. The second-order valence-electron chi connectivity index (χ2n) is 4.92. The number of hydrogen-bond acceptors (Lipinski definition) is 4. The van der Waals surface area contributed by atoms with E-state index in [2.05, 4.69) is 15.9 Å². The predicted molar refractivity (Wildman–Crippen MR) is 93.4 cm³/mol. The minimum Gasteiger partial charge on any atom is -0.399 e. The van der Waals surface area contributed by atoms with E-state index in [1.165, 1.54) is 0 Å². The van der Waals surface area contributed by atoms with Crippen molar-refractivity contribution in [2.24, 2.45) is 5.73 Å². The van der Waals surface area contributed by atoms with Crippen molar-refractivity contribution in [2.75, 3.05) is 11.5 Å². The molecule has 0 heterocycles. The van der Waals surface area contributed by atoms with Crippen molar-refractivity contribution >= 4 is 33.4 Å². The number of halogens is 1. The molecule has 0 amide bonds. The molecule has 2 aromatic carbocycles. The Hall–Kier alpha value is -1.01. The smallest absolute Gasteiger partial charge is 0.0788 e. The van der Waals surface area contributed by atoms with Gasteiger partial charge in [-0.05, 0) is 46.1 Å². The maximum atomic E-state index is 10.2. The number of hydrogen-bond donors (Lipinski definition) is 3. The Morgan fingerprint density at radius 2 is 1.86 bits per heavy atom. The highest BCUT2D eigenvalue weighted by Gasteiger charge is 2.16. The van der Waals surface area contributed by atoms with Gasteiger partial charge in [0.25, 0.3) is 0 Å². The van der Waals surface area contributed by atoms with Crippen LogP contribution in [0.1, 0.15) is 5.56 Å². The fourth-order valence-corrected chi connectivity index (χ4v) is 3.65. The van der Waals surface area contributed by atoms with Gasteiger partial charge in [-0.25, -0.2) is 0 Å². The molecular weight excluding hydrogens is 348 g/mol. The van der Waals surface area contributed by atoms with E-state index in [1.54, 1.807) is 11.8 Å². The summed E-state index contributed by atoms with van der Waals surface area (Å²) < 4.78 is 0.941. The van der Waals surface area contributed by atoms with Gasteiger partial charge in [0.1, 0.15) is 0 Å². The Kier molecular flexibility index (Phi) is 6.11. The lowest BCUT2D eigenvalue weighted by Crippen LogP contribution is -2.38. The van der Waals surface area contributed by atoms with Crippen LogP contribution in [0.3, 0.4) is 0 Å². The molecule has 0 aliphatic carbocycles. The first-order valence-electron chi connectivity index (χ1n) is 6.71. The van der Waals surface area contributed by atoms with Crippen LogP contribution in [0, 0.1) is 0 Å². The number of thioether (sulfide) groups is 1. The average Bonchev–Trinajstić information content (AvgIpc) is 2.47. The third-order valence-corrected chi connectivity index (χ3v) is 5.27. The summed E-state index contributed by atoms with van der Waals surface area (Å²) in [6.07, 6.45) is 0.116. The highest BCUT2D eigenvalue weighted by atomic mass is 79.9. The lowest BCUT2D eigenvalue weighted by molar-refractivity contribution is 0.167. The zero-order valence-electron chi connectivity index (χ0n) is 11.6. The molecule has 2 aromatic rings. The lowest BCUT2D eigenvalue weighted by Gasteiger charge is -2.19. The minimum absolute atomic E-state index is 0.271. The van der Waals surface area contributed by atoms with Crippen molar-refractivity contribution in [3.8, 4) is 0 Å². The van der Waals surface area contributed by atoms with Crippen LogP contribution in [0.25, 0.3) is 0 Å². The average molecular weight is 367 g/mol. The largest absolute Gasteiger partial charge is 0.399 e. The van der Waals surface area contributed by atoms with Gasteiger partial charge >= 0.3 is 0 Å². The van der Waals surface area contributed by atoms with Gasteiger partial charge < -0.3 is 16.6 Å². The predicted octanol–water partition coefficient (Wildman–Crippen LogP) is 3.05. The molecule has 2 rings (SSSR count). The molecule has 0 aliphatic heterocycles. The van der Waals surface area contributed by atoms with Crippen molar-refractivity contribution in [1.29, 1.82) is 0 Å². The molecule has 0 saturated carbocycles. The van der Waals surface area contributed by atoms with Gasteiger partial charge in [0.15, 0.2) is 0 Å². The van der Waals surface area contributed by atoms with Crippen LogP contribution in [0.5, 0.6) is 0 Å². The number of aliphatic hydroxyl groups excluding tert-OH is 1. The van der Waals surface area contributed by atoms with Gasteiger partial charge in [-0.15, -0.1) is 11.8 Å². The zero-order valence-corrected chi connectivity index (χ0v) is 14.0. The van der Waals surface area contributed by atoms with E-state index < -0.39 is 6.10 Å². The maximum Gasteiger partial charge on any atom is 0.0788 e. The number of anilines is 1. The number of benzene rings is 2. The van der Waals surface area contributed by atoms with E-state index in [0.717, 1.165) is 14.9 Å². The molecule has 0 fully saturated rings. The number of nitrogens with two attached hydrogens (primary N) is 2. The van der Waals surface area contributed by atoms with E-state index in [-0.39, 0.29) is 6.04 Å². The molecule has 2 atom stereocenters. The molecule has 0 aromatic heterocycles. The van der Waals surface area contributed by atoms with Crippen molar-refractivity contribution in [3.63, 3.8) is 0 Å². The third kappa shape index (κ3) is 5.04. The monoisotopic (exact) mass is 366 g/mol. The molecule has 0 radical (unpaired) electrons. The Morgan fingerprint density at radius 1 is 1.14 bits per heavy atom. The maximum absolute atomic E-state index is 10.2. The van der Waals surface area contributed by atoms with E-state index >= 15 is 0 Å². The second kappa shape index (κ2) is 7.84. The van der Waals surface area contributed by atoms with Gasteiger partial charge in [-0.3, -0.25) is 0 Å². The molecule has 112 valence electrons. The summed E-state index contributed by atoms with van der Waals surface area (Å²) in [7, 11) is 0. The van der Waals surface area contributed by atoms with Crippen LogP contribution in [0.15, 0.2) is 57.9 Å². The molecule has 0 saturated heterocycles. The topological polar surface area (TPSA) is 72.3 Å². The fourth-order valence-electron chi connectivity index (χ4n) is 1.96. The lowest BCUT2D eigenvalue weighted by atomic mass is 10.0. The summed E-state index contributed by atoms with van der Waals surface area (Å²) in [6.45, 7) is 0. The molecule has 0 aliphatic rings. The van der Waals surface area contributed by atoms with E-state index in [0.29, 0.717) is 17.9 Å². The summed E-state index contributed by atoms with van der Waals surface area (Å²) >= 11 is 5.04. The molecule has 0 bridgehead atoms. The summed E-state index contributed by atoms with van der Waals surface area (Å²) in [5.41, 5.74) is 13.6. The van der Waals surface area contributed by atoms with Crippen LogP contribution < -0.4 is 11.5 Å². The number of aliphatic hydroxyl groups is 1. The van der Waals surface area contributed by atoms with Gasteiger partial charge in [0.05, 0.1) is 6.10 Å². The molecule has 0 spiro atoms. The number of nitrogen functional groups attached to an aromatic ring is 1. The minimum atomic E-state index is -0.556. The Balaban J connectivity index is 1.87. The molecule has 5 N–H and O–H groups in total. The van der Waals surface area contributed by atoms with E-state index in [9.17, 15) is 5.11 Å². The summed E-state index contributed by atoms with van der Waals surface area (Å²) in [4.78, 5) is 1.05.